The molecule has 0 spiro atoms. The summed E-state index contributed by atoms with van der Waals surface area (Å²) in [5, 5.41) is 3.07. The number of carbonyl (C=O) groups is 2. The Morgan fingerprint density at radius 3 is 2.06 bits per heavy atom. The Morgan fingerprint density at radius 2 is 1.67 bits per heavy atom. The minimum absolute atomic E-state index is 0.0608. The molecule has 4 heteroatoms. The van der Waals surface area contributed by atoms with Crippen molar-refractivity contribution >= 4 is 11.8 Å². The molecule has 1 N–H and O–H groups in total. The van der Waals surface area contributed by atoms with E-state index >= 15 is 0 Å². The van der Waals surface area contributed by atoms with Crippen LogP contribution >= 0.6 is 0 Å². The van der Waals surface area contributed by atoms with Crippen molar-refractivity contribution in [1.82, 2.24) is 10.2 Å². The first-order valence-corrected chi connectivity index (χ1v) is 6.81. The Bertz CT molecular complexity index is 310. The summed E-state index contributed by atoms with van der Waals surface area (Å²) < 4.78 is 0. The van der Waals surface area contributed by atoms with E-state index in [0.29, 0.717) is 0 Å². The summed E-state index contributed by atoms with van der Waals surface area (Å²) in [6.07, 6.45) is 1.72. The van der Waals surface area contributed by atoms with Crippen molar-refractivity contribution in [3.8, 4) is 0 Å². The molecule has 0 bridgehead atoms. The number of nitrogens with one attached hydrogen (secondary N) is 1. The number of hydrogen-bond donors (Lipinski definition) is 1. The summed E-state index contributed by atoms with van der Waals surface area (Å²) in [6.45, 7) is 11.1. The number of likely N-dealkylation sites (tertiary alicyclic amines) is 1. The molecular weight excluding hydrogens is 228 g/mol. The van der Waals surface area contributed by atoms with Crippen molar-refractivity contribution in [3.05, 3.63) is 0 Å². The number of hydrogen-bond acceptors (Lipinski definition) is 2. The molecule has 1 rings (SSSR count). The third-order valence-corrected chi connectivity index (χ3v) is 3.32. The molecule has 2 amide bonds. The maximum absolute atomic E-state index is 11.9. The largest absolute Gasteiger partial charge is 0.353 e. The lowest BCUT2D eigenvalue weighted by molar-refractivity contribution is -0.135. The van der Waals surface area contributed by atoms with Crippen molar-refractivity contribution in [2.75, 3.05) is 13.1 Å². The predicted molar refractivity (Wildman–Crippen MR) is 72.0 cm³/mol. The second-order valence-corrected chi connectivity index (χ2v) is 6.48. The number of piperidine rings is 1. The van der Waals surface area contributed by atoms with E-state index in [4.69, 9.17) is 0 Å². The van der Waals surface area contributed by atoms with Gasteiger partial charge in [0, 0.05) is 30.5 Å². The Morgan fingerprint density at radius 1 is 1.17 bits per heavy atom. The molecule has 0 aliphatic carbocycles. The SMILES string of the molecule is CC(C)C(=O)N1CCC(NC(=O)C(C)(C)C)CC1. The van der Waals surface area contributed by atoms with E-state index in [1.165, 1.54) is 0 Å². The van der Waals surface area contributed by atoms with Crippen LogP contribution in [-0.4, -0.2) is 35.8 Å². The highest BCUT2D eigenvalue weighted by Crippen LogP contribution is 2.17. The van der Waals surface area contributed by atoms with Crippen LogP contribution in [0.1, 0.15) is 47.5 Å². The van der Waals surface area contributed by atoms with Gasteiger partial charge in [0.2, 0.25) is 11.8 Å². The third-order valence-electron chi connectivity index (χ3n) is 3.32. The van der Waals surface area contributed by atoms with Crippen LogP contribution in [0.3, 0.4) is 0 Å². The Hall–Kier alpha value is -1.06. The maximum atomic E-state index is 11.9. The van der Waals surface area contributed by atoms with Gasteiger partial charge in [-0.05, 0) is 12.8 Å². The fraction of sp³-hybridized carbons (Fsp3) is 0.857. The van der Waals surface area contributed by atoms with E-state index in [1.807, 2.05) is 39.5 Å². The van der Waals surface area contributed by atoms with Gasteiger partial charge in [0.15, 0.2) is 0 Å². The van der Waals surface area contributed by atoms with Crippen LogP contribution in [0.5, 0.6) is 0 Å². The molecular formula is C14H26N2O2. The molecule has 1 aliphatic heterocycles. The minimum Gasteiger partial charge on any atom is -0.353 e. The zero-order valence-corrected chi connectivity index (χ0v) is 12.2. The lowest BCUT2D eigenvalue weighted by atomic mass is 9.94. The van der Waals surface area contributed by atoms with Gasteiger partial charge in [0.1, 0.15) is 0 Å². The van der Waals surface area contributed by atoms with Gasteiger partial charge in [0.05, 0.1) is 0 Å². The number of nitrogens with zero attached hydrogens (tertiary/aromatic N) is 1. The summed E-state index contributed by atoms with van der Waals surface area (Å²) in [5.74, 6) is 0.373. The van der Waals surface area contributed by atoms with Crippen LogP contribution in [0, 0.1) is 11.3 Å². The van der Waals surface area contributed by atoms with Crippen molar-refractivity contribution in [1.29, 1.82) is 0 Å². The lowest BCUT2D eigenvalue weighted by Gasteiger charge is -2.34. The van der Waals surface area contributed by atoms with E-state index in [9.17, 15) is 9.59 Å². The second-order valence-electron chi connectivity index (χ2n) is 6.48. The molecule has 0 unspecified atom stereocenters. The fourth-order valence-corrected chi connectivity index (χ4v) is 2.01. The average Bonchev–Trinajstić information content (AvgIpc) is 2.27. The third kappa shape index (κ3) is 4.00. The van der Waals surface area contributed by atoms with E-state index in [-0.39, 0.29) is 29.2 Å². The minimum atomic E-state index is -0.342. The Kier molecular flexibility index (Phi) is 4.77. The highest BCUT2D eigenvalue weighted by Gasteiger charge is 2.28. The smallest absolute Gasteiger partial charge is 0.225 e. The molecule has 1 saturated heterocycles. The van der Waals surface area contributed by atoms with Gasteiger partial charge in [-0.3, -0.25) is 9.59 Å². The van der Waals surface area contributed by atoms with Crippen LogP contribution in [0.2, 0.25) is 0 Å². The van der Waals surface area contributed by atoms with E-state index in [1.54, 1.807) is 0 Å². The molecule has 0 aromatic carbocycles. The number of amides is 2. The monoisotopic (exact) mass is 254 g/mol. The van der Waals surface area contributed by atoms with Crippen molar-refractivity contribution < 1.29 is 9.59 Å². The summed E-state index contributed by atoms with van der Waals surface area (Å²) in [6, 6.07) is 0.216. The van der Waals surface area contributed by atoms with Gasteiger partial charge in [-0.15, -0.1) is 0 Å². The van der Waals surface area contributed by atoms with Gasteiger partial charge in [-0.2, -0.15) is 0 Å². The Labute approximate surface area is 110 Å². The standard InChI is InChI=1S/C14H26N2O2/c1-10(2)12(17)16-8-6-11(7-9-16)15-13(18)14(3,4)5/h10-11H,6-9H2,1-5H3,(H,15,18). The number of carbonyl (C=O) groups excluding carboxylic acids is 2. The molecule has 1 aliphatic rings. The highest BCUT2D eigenvalue weighted by atomic mass is 16.2. The molecule has 0 saturated carbocycles. The first kappa shape index (κ1) is 15.0. The van der Waals surface area contributed by atoms with E-state index in [2.05, 4.69) is 5.32 Å². The average molecular weight is 254 g/mol. The van der Waals surface area contributed by atoms with Crippen molar-refractivity contribution in [3.63, 3.8) is 0 Å². The summed E-state index contributed by atoms with van der Waals surface area (Å²) >= 11 is 0. The highest BCUT2D eigenvalue weighted by molar-refractivity contribution is 5.81. The normalized spacial score (nSPS) is 18.0. The lowest BCUT2D eigenvalue weighted by Crippen LogP contribution is -2.49. The predicted octanol–water partition coefficient (Wildman–Crippen LogP) is 1.80. The van der Waals surface area contributed by atoms with Crippen molar-refractivity contribution in [2.24, 2.45) is 11.3 Å². The van der Waals surface area contributed by atoms with Crippen LogP contribution in [0.25, 0.3) is 0 Å². The molecule has 0 aromatic rings. The first-order valence-electron chi connectivity index (χ1n) is 6.81. The molecule has 0 atom stereocenters. The van der Waals surface area contributed by atoms with Gasteiger partial charge in [-0.25, -0.2) is 0 Å². The molecule has 1 heterocycles. The molecule has 4 nitrogen and oxygen atoms in total. The van der Waals surface area contributed by atoms with Crippen LogP contribution in [0.4, 0.5) is 0 Å². The first-order chi connectivity index (χ1) is 8.21. The van der Waals surface area contributed by atoms with Crippen LogP contribution < -0.4 is 5.32 Å². The number of rotatable bonds is 2. The summed E-state index contributed by atoms with van der Waals surface area (Å²) in [5.41, 5.74) is -0.342. The zero-order chi connectivity index (χ0) is 13.9. The van der Waals surface area contributed by atoms with Crippen LogP contribution in [0.15, 0.2) is 0 Å². The topological polar surface area (TPSA) is 49.4 Å². The summed E-state index contributed by atoms with van der Waals surface area (Å²) in [4.78, 5) is 25.6. The quantitative estimate of drug-likeness (QED) is 0.817. The molecule has 18 heavy (non-hydrogen) atoms. The van der Waals surface area contributed by atoms with Crippen LogP contribution in [-0.2, 0) is 9.59 Å². The van der Waals surface area contributed by atoms with Gasteiger partial charge in [-0.1, -0.05) is 34.6 Å². The molecule has 1 fully saturated rings. The van der Waals surface area contributed by atoms with Gasteiger partial charge < -0.3 is 10.2 Å². The molecule has 0 radical (unpaired) electrons. The Balaban J connectivity index is 2.41. The van der Waals surface area contributed by atoms with Crippen molar-refractivity contribution in [2.45, 2.75) is 53.5 Å². The second kappa shape index (κ2) is 5.72. The van der Waals surface area contributed by atoms with E-state index < -0.39 is 0 Å². The molecule has 0 aromatic heterocycles. The fourth-order valence-electron chi connectivity index (χ4n) is 2.01. The van der Waals surface area contributed by atoms with Gasteiger partial charge in [0.25, 0.3) is 0 Å². The van der Waals surface area contributed by atoms with Gasteiger partial charge >= 0.3 is 0 Å². The maximum Gasteiger partial charge on any atom is 0.225 e. The summed E-state index contributed by atoms with van der Waals surface area (Å²) in [7, 11) is 0. The zero-order valence-electron chi connectivity index (χ0n) is 12.2. The molecule has 104 valence electrons. The van der Waals surface area contributed by atoms with E-state index in [0.717, 1.165) is 25.9 Å².